The standard InChI is InChI=1S/C61H70/c1-9-11-13-15-17-19-21-41-23-29-47-49-31-25-43(37-55(49)59(3,4)53(47)35-41)45-27-33-51-52-34-28-46(40-58(52)61(7,8)57(51)39-45)44-26-32-50-48-30-24-42(22-20-18-16-14-12-10-2)36-54(48)60(5,6)56(50)38-44/h23-40H,9-22H2,1-8H3. The first-order chi connectivity index (χ1) is 29.4. The maximum atomic E-state index is 2.53. The zero-order valence-electron chi connectivity index (χ0n) is 38.8. The first kappa shape index (κ1) is 41.7. The average Bonchev–Trinajstić information content (AvgIpc) is 3.74. The molecule has 9 rings (SSSR count). The molecule has 0 atom stereocenters. The molecular formula is C61H70. The summed E-state index contributed by atoms with van der Waals surface area (Å²) >= 11 is 0. The molecule has 0 amide bonds. The maximum Gasteiger partial charge on any atom is 0.0159 e. The third kappa shape index (κ3) is 7.45. The van der Waals surface area contributed by atoms with E-state index in [1.807, 2.05) is 0 Å². The molecule has 314 valence electrons. The molecule has 61 heavy (non-hydrogen) atoms. The summed E-state index contributed by atoms with van der Waals surface area (Å²) in [6, 6.07) is 43.7. The van der Waals surface area contributed by atoms with Crippen molar-refractivity contribution in [2.75, 3.05) is 0 Å². The zero-order valence-corrected chi connectivity index (χ0v) is 38.8. The maximum absolute atomic E-state index is 2.53. The second kappa shape index (κ2) is 16.5. The molecule has 3 aliphatic carbocycles. The molecular weight excluding hydrogens is 733 g/mol. The molecule has 0 saturated carbocycles. The smallest absolute Gasteiger partial charge is 0.0159 e. The summed E-state index contributed by atoms with van der Waals surface area (Å²) in [5.41, 5.74) is 25.3. The van der Waals surface area contributed by atoms with E-state index in [4.69, 9.17) is 0 Å². The fourth-order valence-electron chi connectivity index (χ4n) is 11.6. The third-order valence-corrected chi connectivity index (χ3v) is 15.5. The van der Waals surface area contributed by atoms with Crippen LogP contribution in [0.4, 0.5) is 0 Å². The van der Waals surface area contributed by atoms with Gasteiger partial charge in [-0.15, -0.1) is 0 Å². The lowest BCUT2D eigenvalue weighted by molar-refractivity contribution is 0.606. The van der Waals surface area contributed by atoms with Crippen molar-refractivity contribution in [1.82, 2.24) is 0 Å². The van der Waals surface area contributed by atoms with Gasteiger partial charge in [0, 0.05) is 16.2 Å². The summed E-state index contributed by atoms with van der Waals surface area (Å²) in [6.07, 6.45) is 18.5. The van der Waals surface area contributed by atoms with E-state index in [1.54, 1.807) is 0 Å². The van der Waals surface area contributed by atoms with Gasteiger partial charge < -0.3 is 0 Å². The minimum atomic E-state index is -0.103. The Bertz CT molecular complexity index is 2410. The van der Waals surface area contributed by atoms with Crippen molar-refractivity contribution in [1.29, 1.82) is 0 Å². The number of unbranched alkanes of at least 4 members (excludes halogenated alkanes) is 10. The fourth-order valence-corrected chi connectivity index (χ4v) is 11.6. The summed E-state index contributed by atoms with van der Waals surface area (Å²) in [4.78, 5) is 0. The molecule has 0 nitrogen and oxygen atoms in total. The molecule has 0 heterocycles. The highest BCUT2D eigenvalue weighted by Crippen LogP contribution is 2.54. The average molecular weight is 803 g/mol. The van der Waals surface area contributed by atoms with Gasteiger partial charge in [0.25, 0.3) is 0 Å². The minimum absolute atomic E-state index is 0.0216. The molecule has 0 N–H and O–H groups in total. The summed E-state index contributed by atoms with van der Waals surface area (Å²) in [5, 5.41) is 0. The number of fused-ring (bicyclic) bond motifs is 9. The van der Waals surface area contributed by atoms with Gasteiger partial charge in [0.2, 0.25) is 0 Å². The zero-order chi connectivity index (χ0) is 42.5. The van der Waals surface area contributed by atoms with Gasteiger partial charge in [-0.25, -0.2) is 0 Å². The topological polar surface area (TPSA) is 0 Å². The Morgan fingerprint density at radius 1 is 0.279 bits per heavy atom. The van der Waals surface area contributed by atoms with E-state index in [0.717, 1.165) is 0 Å². The van der Waals surface area contributed by atoms with Gasteiger partial charge in [0.15, 0.2) is 0 Å². The van der Waals surface area contributed by atoms with Crippen molar-refractivity contribution < 1.29 is 0 Å². The van der Waals surface area contributed by atoms with Crippen molar-refractivity contribution in [3.05, 3.63) is 154 Å². The Balaban J connectivity index is 0.940. The first-order valence-electron chi connectivity index (χ1n) is 24.3. The van der Waals surface area contributed by atoms with Crippen LogP contribution in [0.5, 0.6) is 0 Å². The molecule has 0 saturated heterocycles. The van der Waals surface area contributed by atoms with E-state index in [1.165, 1.54) is 190 Å². The van der Waals surface area contributed by atoms with Crippen LogP contribution in [-0.2, 0) is 29.1 Å². The lowest BCUT2D eigenvalue weighted by atomic mass is 9.79. The van der Waals surface area contributed by atoms with Gasteiger partial charge in [-0.2, -0.15) is 0 Å². The quantitative estimate of drug-likeness (QED) is 0.0855. The fraction of sp³-hybridized carbons (Fsp3) is 0.410. The van der Waals surface area contributed by atoms with E-state index in [0.29, 0.717) is 0 Å². The molecule has 6 aromatic carbocycles. The summed E-state index contributed by atoms with van der Waals surface area (Å²) in [7, 11) is 0. The van der Waals surface area contributed by atoms with Gasteiger partial charge in [0.05, 0.1) is 0 Å². The predicted octanol–water partition coefficient (Wildman–Crippen LogP) is 17.7. The van der Waals surface area contributed by atoms with Crippen LogP contribution >= 0.6 is 0 Å². The number of benzene rings is 6. The number of rotatable bonds is 16. The number of aryl methyl sites for hydroxylation is 2. The van der Waals surface area contributed by atoms with Crippen LogP contribution in [0.15, 0.2) is 109 Å². The van der Waals surface area contributed by atoms with Crippen molar-refractivity contribution >= 4 is 0 Å². The van der Waals surface area contributed by atoms with Crippen LogP contribution in [0.2, 0.25) is 0 Å². The molecule has 0 unspecified atom stereocenters. The molecule has 0 radical (unpaired) electrons. The van der Waals surface area contributed by atoms with Gasteiger partial charge in [-0.05, 0) is 150 Å². The van der Waals surface area contributed by atoms with E-state index in [-0.39, 0.29) is 16.2 Å². The Hall–Kier alpha value is -4.68. The SMILES string of the molecule is CCCCCCCCc1ccc2c(c1)C(C)(C)c1cc(-c3ccc4c(c3)C(C)(C)c3cc(-c5ccc6c(c5)C(C)(C)c5cc(CCCCCCCC)ccc5-6)ccc3-4)ccc1-2. The highest BCUT2D eigenvalue weighted by atomic mass is 14.4. The molecule has 0 bridgehead atoms. The van der Waals surface area contributed by atoms with Crippen molar-refractivity contribution in [3.63, 3.8) is 0 Å². The normalized spacial score (nSPS) is 15.5. The lowest BCUT2D eigenvalue weighted by Gasteiger charge is -2.24. The Morgan fingerprint density at radius 2 is 0.525 bits per heavy atom. The molecule has 0 fully saturated rings. The lowest BCUT2D eigenvalue weighted by Crippen LogP contribution is -2.16. The van der Waals surface area contributed by atoms with Crippen LogP contribution < -0.4 is 0 Å². The van der Waals surface area contributed by atoms with Crippen LogP contribution in [0.1, 0.15) is 177 Å². The number of hydrogen-bond donors (Lipinski definition) is 0. The van der Waals surface area contributed by atoms with Gasteiger partial charge in [-0.3, -0.25) is 0 Å². The van der Waals surface area contributed by atoms with E-state index < -0.39 is 0 Å². The summed E-state index contributed by atoms with van der Waals surface area (Å²) in [5.74, 6) is 0. The highest BCUT2D eigenvalue weighted by molar-refractivity contribution is 5.89. The molecule has 0 heteroatoms. The molecule has 3 aliphatic rings. The Kier molecular flexibility index (Phi) is 11.3. The van der Waals surface area contributed by atoms with Crippen molar-refractivity contribution in [2.45, 2.75) is 162 Å². The van der Waals surface area contributed by atoms with Gasteiger partial charge in [0.1, 0.15) is 0 Å². The number of hydrogen-bond acceptors (Lipinski definition) is 0. The summed E-state index contributed by atoms with van der Waals surface area (Å²) in [6.45, 7) is 19.2. The summed E-state index contributed by atoms with van der Waals surface area (Å²) < 4.78 is 0. The first-order valence-corrected chi connectivity index (χ1v) is 24.3. The van der Waals surface area contributed by atoms with Crippen LogP contribution in [-0.4, -0.2) is 0 Å². The largest absolute Gasteiger partial charge is 0.0654 e. The van der Waals surface area contributed by atoms with Crippen LogP contribution in [0, 0.1) is 0 Å². The minimum Gasteiger partial charge on any atom is -0.0654 e. The van der Waals surface area contributed by atoms with Crippen molar-refractivity contribution in [2.24, 2.45) is 0 Å². The van der Waals surface area contributed by atoms with E-state index >= 15 is 0 Å². The molecule has 0 spiro atoms. The van der Waals surface area contributed by atoms with Gasteiger partial charge >= 0.3 is 0 Å². The molecule has 0 aromatic heterocycles. The van der Waals surface area contributed by atoms with E-state index in [2.05, 4.69) is 165 Å². The highest BCUT2D eigenvalue weighted by Gasteiger charge is 2.39. The van der Waals surface area contributed by atoms with Crippen LogP contribution in [0.3, 0.4) is 0 Å². The second-order valence-electron chi connectivity index (χ2n) is 20.7. The van der Waals surface area contributed by atoms with Crippen molar-refractivity contribution in [3.8, 4) is 55.6 Å². The Morgan fingerprint density at radius 3 is 0.820 bits per heavy atom. The third-order valence-electron chi connectivity index (χ3n) is 15.5. The molecule has 6 aromatic rings. The molecule has 0 aliphatic heterocycles. The van der Waals surface area contributed by atoms with Crippen LogP contribution in [0.25, 0.3) is 55.6 Å². The van der Waals surface area contributed by atoms with Gasteiger partial charge in [-0.1, -0.05) is 205 Å². The van der Waals surface area contributed by atoms with E-state index in [9.17, 15) is 0 Å². The Labute approximate surface area is 369 Å². The second-order valence-corrected chi connectivity index (χ2v) is 20.7. The monoisotopic (exact) mass is 803 g/mol. The predicted molar refractivity (Wildman–Crippen MR) is 264 cm³/mol.